The molecule has 0 aliphatic carbocycles. The van der Waals surface area contributed by atoms with E-state index in [0.717, 1.165) is 16.9 Å². The van der Waals surface area contributed by atoms with Crippen molar-refractivity contribution >= 4 is 5.97 Å². The van der Waals surface area contributed by atoms with Crippen LogP contribution >= 0.6 is 0 Å². The second-order valence-corrected chi connectivity index (χ2v) is 5.44. The van der Waals surface area contributed by atoms with Crippen molar-refractivity contribution in [1.82, 2.24) is 5.32 Å². The molecular formula is C15H21NO3. The van der Waals surface area contributed by atoms with Crippen molar-refractivity contribution in [2.45, 2.75) is 39.3 Å². The van der Waals surface area contributed by atoms with Gasteiger partial charge in [0.2, 0.25) is 0 Å². The normalized spacial score (nSPS) is 22.7. The maximum atomic E-state index is 11.0. The van der Waals surface area contributed by atoms with Gasteiger partial charge in [0.15, 0.2) is 0 Å². The van der Waals surface area contributed by atoms with Gasteiger partial charge >= 0.3 is 5.97 Å². The lowest BCUT2D eigenvalue weighted by molar-refractivity contribution is -0.141. The summed E-state index contributed by atoms with van der Waals surface area (Å²) in [7, 11) is 0. The lowest BCUT2D eigenvalue weighted by Crippen LogP contribution is -2.18. The van der Waals surface area contributed by atoms with E-state index in [0.29, 0.717) is 13.0 Å². The molecule has 1 heterocycles. The first-order valence-electron chi connectivity index (χ1n) is 6.70. The predicted molar refractivity (Wildman–Crippen MR) is 73.4 cm³/mol. The standard InChI is InChI=1S/C15H21NO3/c1-9(2)19-14-5-4-10(3)6-12(14)13-7-11(8-16-13)15(17)18/h4-6,9,11,13,16H,7-8H2,1-3H3,(H,17,18). The van der Waals surface area contributed by atoms with E-state index in [1.165, 1.54) is 0 Å². The van der Waals surface area contributed by atoms with Crippen LogP contribution < -0.4 is 10.1 Å². The second-order valence-electron chi connectivity index (χ2n) is 5.44. The number of carboxylic acid groups (broad SMARTS) is 1. The molecule has 1 saturated heterocycles. The molecule has 1 aromatic rings. The van der Waals surface area contributed by atoms with Gasteiger partial charge in [0.05, 0.1) is 12.0 Å². The van der Waals surface area contributed by atoms with Crippen molar-refractivity contribution in [2.75, 3.05) is 6.54 Å². The maximum Gasteiger partial charge on any atom is 0.307 e. The number of hydrogen-bond donors (Lipinski definition) is 2. The van der Waals surface area contributed by atoms with Gasteiger partial charge in [-0.25, -0.2) is 0 Å². The molecule has 19 heavy (non-hydrogen) atoms. The van der Waals surface area contributed by atoms with Crippen LogP contribution in [-0.2, 0) is 4.79 Å². The number of carbonyl (C=O) groups is 1. The lowest BCUT2D eigenvalue weighted by Gasteiger charge is -2.19. The molecule has 4 heteroatoms. The quantitative estimate of drug-likeness (QED) is 0.876. The maximum absolute atomic E-state index is 11.0. The Morgan fingerprint density at radius 2 is 2.21 bits per heavy atom. The molecular weight excluding hydrogens is 242 g/mol. The molecule has 0 bridgehead atoms. The fraction of sp³-hybridized carbons (Fsp3) is 0.533. The molecule has 1 aliphatic heterocycles. The van der Waals surface area contributed by atoms with Crippen LogP contribution in [0.3, 0.4) is 0 Å². The molecule has 1 fully saturated rings. The number of rotatable bonds is 4. The van der Waals surface area contributed by atoms with Crippen molar-refractivity contribution in [2.24, 2.45) is 5.92 Å². The number of ether oxygens (including phenoxy) is 1. The average molecular weight is 263 g/mol. The van der Waals surface area contributed by atoms with Crippen LogP contribution in [0.2, 0.25) is 0 Å². The molecule has 1 aromatic carbocycles. The fourth-order valence-corrected chi connectivity index (χ4v) is 2.46. The SMILES string of the molecule is Cc1ccc(OC(C)C)c(C2CC(C(=O)O)CN2)c1. The summed E-state index contributed by atoms with van der Waals surface area (Å²) < 4.78 is 5.82. The van der Waals surface area contributed by atoms with Crippen LogP contribution in [0.15, 0.2) is 18.2 Å². The minimum atomic E-state index is -0.728. The summed E-state index contributed by atoms with van der Waals surface area (Å²) in [4.78, 5) is 11.0. The number of aryl methyl sites for hydroxylation is 1. The molecule has 4 nitrogen and oxygen atoms in total. The third-order valence-electron chi connectivity index (χ3n) is 3.38. The van der Waals surface area contributed by atoms with Crippen molar-refractivity contribution in [3.63, 3.8) is 0 Å². The molecule has 2 rings (SSSR count). The fourth-order valence-electron chi connectivity index (χ4n) is 2.46. The highest BCUT2D eigenvalue weighted by molar-refractivity contribution is 5.71. The van der Waals surface area contributed by atoms with Gasteiger partial charge in [-0.15, -0.1) is 0 Å². The molecule has 2 unspecified atom stereocenters. The highest BCUT2D eigenvalue weighted by Gasteiger charge is 2.31. The Hall–Kier alpha value is -1.55. The Morgan fingerprint density at radius 3 is 2.79 bits per heavy atom. The third-order valence-corrected chi connectivity index (χ3v) is 3.38. The van der Waals surface area contributed by atoms with E-state index in [4.69, 9.17) is 9.84 Å². The summed E-state index contributed by atoms with van der Waals surface area (Å²) in [5.41, 5.74) is 2.23. The van der Waals surface area contributed by atoms with Crippen molar-refractivity contribution < 1.29 is 14.6 Å². The number of hydrogen-bond acceptors (Lipinski definition) is 3. The van der Waals surface area contributed by atoms with Gasteiger partial charge in [-0.05, 0) is 33.3 Å². The van der Waals surface area contributed by atoms with E-state index in [1.807, 2.05) is 32.9 Å². The molecule has 0 aromatic heterocycles. The van der Waals surface area contributed by atoms with E-state index in [2.05, 4.69) is 11.4 Å². The average Bonchev–Trinajstić information content (AvgIpc) is 2.80. The molecule has 104 valence electrons. The zero-order valence-electron chi connectivity index (χ0n) is 11.6. The Kier molecular flexibility index (Phi) is 4.10. The molecule has 0 amide bonds. The number of benzene rings is 1. The van der Waals surface area contributed by atoms with Crippen LogP contribution in [-0.4, -0.2) is 23.7 Å². The first-order chi connectivity index (χ1) is 8.97. The summed E-state index contributed by atoms with van der Waals surface area (Å²) in [6, 6.07) is 6.14. The van der Waals surface area contributed by atoms with E-state index < -0.39 is 5.97 Å². The minimum absolute atomic E-state index is 0.0646. The second kappa shape index (κ2) is 5.61. The highest BCUT2D eigenvalue weighted by Crippen LogP contribution is 2.34. The Bertz CT molecular complexity index is 470. The van der Waals surface area contributed by atoms with Crippen LogP contribution in [0, 0.1) is 12.8 Å². The first kappa shape index (κ1) is 13.9. The van der Waals surface area contributed by atoms with E-state index in [1.54, 1.807) is 0 Å². The predicted octanol–water partition coefficient (Wildman–Crippen LogP) is 2.52. The number of nitrogens with one attached hydrogen (secondary N) is 1. The zero-order chi connectivity index (χ0) is 14.0. The third kappa shape index (κ3) is 3.26. The van der Waals surface area contributed by atoms with Gasteiger partial charge < -0.3 is 15.2 Å². The van der Waals surface area contributed by atoms with Crippen molar-refractivity contribution in [1.29, 1.82) is 0 Å². The monoisotopic (exact) mass is 263 g/mol. The molecule has 0 spiro atoms. The van der Waals surface area contributed by atoms with Crippen molar-refractivity contribution in [3.8, 4) is 5.75 Å². The van der Waals surface area contributed by atoms with Crippen LogP contribution in [0.5, 0.6) is 5.75 Å². The summed E-state index contributed by atoms with van der Waals surface area (Å²) in [5.74, 6) is -0.185. The molecule has 1 aliphatic rings. The van der Waals surface area contributed by atoms with Gasteiger partial charge in [-0.1, -0.05) is 17.7 Å². The summed E-state index contributed by atoms with van der Waals surface area (Å²) in [6.45, 7) is 6.54. The molecule has 2 atom stereocenters. The largest absolute Gasteiger partial charge is 0.491 e. The van der Waals surface area contributed by atoms with E-state index >= 15 is 0 Å². The molecule has 0 radical (unpaired) electrons. The van der Waals surface area contributed by atoms with Gasteiger partial charge in [0.25, 0.3) is 0 Å². The topological polar surface area (TPSA) is 58.6 Å². The minimum Gasteiger partial charge on any atom is -0.491 e. The van der Waals surface area contributed by atoms with Crippen molar-refractivity contribution in [3.05, 3.63) is 29.3 Å². The molecule has 0 saturated carbocycles. The summed E-state index contributed by atoms with van der Waals surface area (Å²) >= 11 is 0. The number of aliphatic carboxylic acids is 1. The van der Waals surface area contributed by atoms with Crippen LogP contribution in [0.25, 0.3) is 0 Å². The van der Waals surface area contributed by atoms with Gasteiger partial charge in [-0.3, -0.25) is 4.79 Å². The first-order valence-corrected chi connectivity index (χ1v) is 6.70. The molecule has 2 N–H and O–H groups in total. The highest BCUT2D eigenvalue weighted by atomic mass is 16.5. The van der Waals surface area contributed by atoms with Gasteiger partial charge in [-0.2, -0.15) is 0 Å². The zero-order valence-corrected chi connectivity index (χ0v) is 11.6. The summed E-state index contributed by atoms with van der Waals surface area (Å²) in [6.07, 6.45) is 0.728. The Balaban J connectivity index is 2.23. The lowest BCUT2D eigenvalue weighted by atomic mass is 9.98. The van der Waals surface area contributed by atoms with Gasteiger partial charge in [0, 0.05) is 18.2 Å². The van der Waals surface area contributed by atoms with Crippen LogP contribution in [0.4, 0.5) is 0 Å². The summed E-state index contributed by atoms with van der Waals surface area (Å²) in [5, 5.41) is 12.4. The smallest absolute Gasteiger partial charge is 0.307 e. The Morgan fingerprint density at radius 1 is 1.47 bits per heavy atom. The Labute approximate surface area is 113 Å². The van der Waals surface area contributed by atoms with E-state index in [-0.39, 0.29) is 18.1 Å². The number of carboxylic acids is 1. The van der Waals surface area contributed by atoms with Gasteiger partial charge in [0.1, 0.15) is 5.75 Å². The van der Waals surface area contributed by atoms with E-state index in [9.17, 15) is 4.79 Å². The van der Waals surface area contributed by atoms with Crippen LogP contribution in [0.1, 0.15) is 37.4 Å².